The van der Waals surface area contributed by atoms with Crippen molar-refractivity contribution < 1.29 is 29.1 Å². The van der Waals surface area contributed by atoms with E-state index in [9.17, 15) is 9.59 Å². The molecule has 0 radical (unpaired) electrons. The van der Waals surface area contributed by atoms with Gasteiger partial charge in [-0.05, 0) is 53.9 Å². The van der Waals surface area contributed by atoms with Crippen LogP contribution in [0.25, 0.3) is 0 Å². The van der Waals surface area contributed by atoms with Crippen molar-refractivity contribution in [3.63, 3.8) is 0 Å². The first kappa shape index (κ1) is 20.9. The Morgan fingerprint density at radius 1 is 0.773 bits per heavy atom. The average molecular weight is 318 g/mol. The van der Waals surface area contributed by atoms with Crippen molar-refractivity contribution in [2.75, 3.05) is 0 Å². The summed E-state index contributed by atoms with van der Waals surface area (Å²) >= 11 is 0. The van der Waals surface area contributed by atoms with Crippen LogP contribution < -0.4 is 0 Å². The number of hydrogen-bond donors (Lipinski definition) is 0. The van der Waals surface area contributed by atoms with Crippen molar-refractivity contribution >= 4 is 11.9 Å². The predicted octanol–water partition coefficient (Wildman–Crippen LogP) is 3.79. The summed E-state index contributed by atoms with van der Waals surface area (Å²) in [5, 5.41) is 0. The first-order valence-corrected chi connectivity index (χ1v) is 7.59. The molecule has 130 valence electrons. The average Bonchev–Trinajstić information content (AvgIpc) is 2.34. The van der Waals surface area contributed by atoms with Crippen molar-refractivity contribution in [3.8, 4) is 0 Å². The second-order valence-electron chi connectivity index (χ2n) is 7.83. The highest BCUT2D eigenvalue weighted by molar-refractivity contribution is 5.75. The Balaban J connectivity index is 4.50. The summed E-state index contributed by atoms with van der Waals surface area (Å²) in [6.45, 7) is 14.3. The molecule has 0 heterocycles. The Bertz CT molecular complexity index is 332. The van der Waals surface area contributed by atoms with Gasteiger partial charge in [0.2, 0.25) is 6.29 Å². The van der Waals surface area contributed by atoms with Crippen molar-refractivity contribution in [2.24, 2.45) is 16.7 Å². The molecule has 0 rings (SSSR count). The molecule has 0 aromatic heterocycles. The number of rotatable bonds is 7. The van der Waals surface area contributed by atoms with E-state index in [0.29, 0.717) is 12.3 Å². The van der Waals surface area contributed by atoms with Gasteiger partial charge in [-0.15, -0.1) is 9.78 Å². The Morgan fingerprint density at radius 2 is 1.14 bits per heavy atom. The lowest BCUT2D eigenvalue weighted by atomic mass is 9.98. The van der Waals surface area contributed by atoms with E-state index in [4.69, 9.17) is 19.6 Å². The normalized spacial score (nSPS) is 12.6. The van der Waals surface area contributed by atoms with Gasteiger partial charge in [-0.1, -0.05) is 13.8 Å². The van der Waals surface area contributed by atoms with Gasteiger partial charge in [-0.2, -0.15) is 0 Å². The maximum atomic E-state index is 11.7. The largest absolute Gasteiger partial charge is 0.347 e. The van der Waals surface area contributed by atoms with E-state index in [1.165, 1.54) is 0 Å². The van der Waals surface area contributed by atoms with Gasteiger partial charge in [-0.3, -0.25) is 9.78 Å². The third kappa shape index (κ3) is 9.00. The minimum Gasteiger partial charge on any atom is -0.295 e. The summed E-state index contributed by atoms with van der Waals surface area (Å²) in [6, 6.07) is 0. The predicted molar refractivity (Wildman–Crippen MR) is 81.1 cm³/mol. The van der Waals surface area contributed by atoms with Crippen LogP contribution in [-0.4, -0.2) is 18.2 Å². The fraction of sp³-hybridized carbons (Fsp3) is 0.875. The molecule has 6 heteroatoms. The molecule has 0 fully saturated rings. The van der Waals surface area contributed by atoms with Gasteiger partial charge in [-0.25, -0.2) is 9.59 Å². The monoisotopic (exact) mass is 318 g/mol. The summed E-state index contributed by atoms with van der Waals surface area (Å²) < 4.78 is 0. The summed E-state index contributed by atoms with van der Waals surface area (Å²) in [7, 11) is 0. The van der Waals surface area contributed by atoms with E-state index in [1.54, 1.807) is 41.5 Å². The van der Waals surface area contributed by atoms with Crippen LogP contribution in [0.5, 0.6) is 0 Å². The van der Waals surface area contributed by atoms with E-state index in [0.717, 1.165) is 6.42 Å². The third-order valence-electron chi connectivity index (χ3n) is 2.67. The minimum absolute atomic E-state index is 0.409. The highest BCUT2D eigenvalue weighted by Gasteiger charge is 2.29. The van der Waals surface area contributed by atoms with Gasteiger partial charge >= 0.3 is 11.9 Å². The van der Waals surface area contributed by atoms with E-state index in [1.807, 2.05) is 13.8 Å². The molecule has 0 aromatic rings. The van der Waals surface area contributed by atoms with Crippen LogP contribution in [0.3, 0.4) is 0 Å². The van der Waals surface area contributed by atoms with Crippen LogP contribution >= 0.6 is 0 Å². The molecular weight excluding hydrogens is 288 g/mol. The summed E-state index contributed by atoms with van der Waals surface area (Å²) in [4.78, 5) is 42.9. The van der Waals surface area contributed by atoms with Crippen LogP contribution in [0.1, 0.15) is 68.2 Å². The molecule has 0 bridgehead atoms. The van der Waals surface area contributed by atoms with E-state index >= 15 is 0 Å². The second-order valence-corrected chi connectivity index (χ2v) is 7.83. The third-order valence-corrected chi connectivity index (χ3v) is 2.67. The van der Waals surface area contributed by atoms with Crippen molar-refractivity contribution in [2.45, 2.75) is 74.5 Å². The lowest BCUT2D eigenvalue weighted by Gasteiger charge is -2.21. The Kier molecular flexibility index (Phi) is 8.04. The molecule has 0 aliphatic heterocycles. The van der Waals surface area contributed by atoms with Gasteiger partial charge in [0.05, 0.1) is 10.8 Å². The van der Waals surface area contributed by atoms with E-state index < -0.39 is 29.1 Å². The molecule has 0 unspecified atom stereocenters. The van der Waals surface area contributed by atoms with Gasteiger partial charge < -0.3 is 0 Å². The van der Waals surface area contributed by atoms with Crippen molar-refractivity contribution in [1.29, 1.82) is 0 Å². The summed E-state index contributed by atoms with van der Waals surface area (Å²) in [5.41, 5.74) is -1.38. The standard InChI is InChI=1S/C16H30O6/c1-11(2)9-10-12(19-21-13(17)15(3,4)5)20-22-14(18)16(6,7)8/h11-12H,9-10H2,1-8H3. The molecule has 0 amide bonds. The van der Waals surface area contributed by atoms with Crippen LogP contribution in [0.2, 0.25) is 0 Å². The van der Waals surface area contributed by atoms with E-state index in [2.05, 4.69) is 0 Å². The number of hydrogen-bond acceptors (Lipinski definition) is 6. The zero-order valence-corrected chi connectivity index (χ0v) is 15.0. The van der Waals surface area contributed by atoms with Crippen LogP contribution in [0, 0.1) is 16.7 Å². The topological polar surface area (TPSA) is 71.1 Å². The molecule has 0 aliphatic rings. The van der Waals surface area contributed by atoms with Gasteiger partial charge in [0.25, 0.3) is 0 Å². The van der Waals surface area contributed by atoms with Crippen LogP contribution in [0.15, 0.2) is 0 Å². The molecule has 0 saturated carbocycles. The number of carbonyl (C=O) groups excluding carboxylic acids is 2. The van der Waals surface area contributed by atoms with Crippen molar-refractivity contribution in [3.05, 3.63) is 0 Å². The van der Waals surface area contributed by atoms with Gasteiger partial charge in [0, 0.05) is 6.42 Å². The zero-order chi connectivity index (χ0) is 17.6. The molecule has 6 nitrogen and oxygen atoms in total. The number of carbonyl (C=O) groups is 2. The first-order chi connectivity index (χ1) is 9.84. The fourth-order valence-electron chi connectivity index (χ4n) is 1.03. The highest BCUT2D eigenvalue weighted by Crippen LogP contribution is 2.20. The molecule has 0 aromatic carbocycles. The lowest BCUT2D eigenvalue weighted by molar-refractivity contribution is -0.434. The molecule has 22 heavy (non-hydrogen) atoms. The lowest BCUT2D eigenvalue weighted by Crippen LogP contribution is -2.30. The molecule has 0 saturated heterocycles. The minimum atomic E-state index is -0.944. The molecule has 0 spiro atoms. The Hall–Kier alpha value is -1.14. The Morgan fingerprint density at radius 3 is 1.41 bits per heavy atom. The van der Waals surface area contributed by atoms with Crippen molar-refractivity contribution in [1.82, 2.24) is 0 Å². The van der Waals surface area contributed by atoms with Gasteiger partial charge in [0.1, 0.15) is 0 Å². The Labute approximate surface area is 133 Å². The smallest absolute Gasteiger partial charge is 0.295 e. The van der Waals surface area contributed by atoms with Gasteiger partial charge in [0.15, 0.2) is 0 Å². The quantitative estimate of drug-likeness (QED) is 0.404. The van der Waals surface area contributed by atoms with Crippen LogP contribution in [0.4, 0.5) is 0 Å². The zero-order valence-electron chi connectivity index (χ0n) is 15.0. The first-order valence-electron chi connectivity index (χ1n) is 7.59. The maximum Gasteiger partial charge on any atom is 0.347 e. The molecule has 0 aliphatic carbocycles. The highest BCUT2D eigenvalue weighted by atomic mass is 17.3. The maximum absolute atomic E-state index is 11.7. The molecule has 0 N–H and O–H groups in total. The van der Waals surface area contributed by atoms with E-state index in [-0.39, 0.29) is 0 Å². The summed E-state index contributed by atoms with van der Waals surface area (Å²) in [6.07, 6.45) is 0.261. The summed E-state index contributed by atoms with van der Waals surface area (Å²) in [5.74, 6) is -0.632. The molecule has 0 atom stereocenters. The SMILES string of the molecule is CC(C)CCC(OOC(=O)C(C)(C)C)OOC(=O)C(C)(C)C. The second kappa shape index (κ2) is 8.48. The van der Waals surface area contributed by atoms with Crippen LogP contribution in [-0.2, 0) is 29.1 Å². The fourth-order valence-corrected chi connectivity index (χ4v) is 1.03. The molecular formula is C16H30O6.